The average molecular weight is 553 g/mol. The molecule has 19 heteroatoms. The molecule has 0 rings (SSSR count). The van der Waals surface area contributed by atoms with Crippen molar-refractivity contribution in [1.29, 1.82) is 0 Å². The molecule has 0 amide bonds. The lowest BCUT2D eigenvalue weighted by atomic mass is 10.1. The van der Waals surface area contributed by atoms with Gasteiger partial charge in [0, 0.05) is 13.1 Å². The summed E-state index contributed by atoms with van der Waals surface area (Å²) in [4.78, 5) is 23.0. The molecule has 0 radical (unpaired) electrons. The molecule has 0 saturated heterocycles. The smallest absolute Gasteiger partial charge is 0.460 e. The van der Waals surface area contributed by atoms with Gasteiger partial charge in [0.15, 0.2) is 0 Å². The van der Waals surface area contributed by atoms with Gasteiger partial charge < -0.3 is 9.47 Å². The second-order valence-corrected chi connectivity index (χ2v) is 6.76. The molecule has 0 aliphatic heterocycles. The minimum Gasteiger partial charge on any atom is -0.460 e. The zero-order valence-corrected chi connectivity index (χ0v) is 17.3. The van der Waals surface area contributed by atoms with Gasteiger partial charge in [-0.25, -0.2) is 9.59 Å². The van der Waals surface area contributed by atoms with Crippen molar-refractivity contribution in [3.05, 3.63) is 0 Å². The van der Waals surface area contributed by atoms with Gasteiger partial charge in [0.05, 0.1) is 0 Å². The minimum atomic E-state index is -6.81. The first kappa shape index (κ1) is 32.9. The van der Waals surface area contributed by atoms with Crippen LogP contribution < -0.4 is 0 Å². The van der Waals surface area contributed by atoms with E-state index in [1.807, 2.05) is 0 Å². The number of carbonyl (C=O) groups is 2. The van der Waals surface area contributed by atoms with Gasteiger partial charge >= 0.3 is 48.0 Å². The van der Waals surface area contributed by atoms with E-state index < -0.39 is 74.3 Å². The maximum absolute atomic E-state index is 13.2. The SMILES string of the molecule is CCCCN(CCOC(=O)C(F)(F)C(F)(F)C(F)(F)F)CCOC(=O)C(F)(F)C(F)(F)C(F)(F)F. The molecule has 0 aromatic rings. The minimum absolute atomic E-state index is 0.143. The molecular formula is C16H17F14NO4. The van der Waals surface area contributed by atoms with Gasteiger partial charge in [-0.2, -0.15) is 61.5 Å². The zero-order valence-electron chi connectivity index (χ0n) is 17.3. The van der Waals surface area contributed by atoms with Crippen LogP contribution in [0.2, 0.25) is 0 Å². The Balaban J connectivity index is 5.05. The summed E-state index contributed by atoms with van der Waals surface area (Å²) in [5.41, 5.74) is 0. The first-order chi connectivity index (χ1) is 15.5. The van der Waals surface area contributed by atoms with Crippen LogP contribution in [0.25, 0.3) is 0 Å². The van der Waals surface area contributed by atoms with Crippen molar-refractivity contribution in [3.63, 3.8) is 0 Å². The fraction of sp³-hybridized carbons (Fsp3) is 0.875. The highest BCUT2D eigenvalue weighted by atomic mass is 19.4. The Hall–Kier alpha value is -2.08. The summed E-state index contributed by atoms with van der Waals surface area (Å²) >= 11 is 0. The third-order valence-corrected chi connectivity index (χ3v) is 4.12. The zero-order chi connectivity index (χ0) is 28.1. The lowest BCUT2D eigenvalue weighted by Gasteiger charge is -2.28. The first-order valence-electron chi connectivity index (χ1n) is 9.20. The van der Waals surface area contributed by atoms with E-state index in [1.54, 1.807) is 6.92 Å². The van der Waals surface area contributed by atoms with Crippen LogP contribution in [0.5, 0.6) is 0 Å². The van der Waals surface area contributed by atoms with Crippen molar-refractivity contribution >= 4 is 11.9 Å². The summed E-state index contributed by atoms with van der Waals surface area (Å²) in [5, 5.41) is 0. The summed E-state index contributed by atoms with van der Waals surface area (Å²) in [7, 11) is 0. The number of hydrogen-bond donors (Lipinski definition) is 0. The van der Waals surface area contributed by atoms with E-state index in [0.717, 1.165) is 4.90 Å². The Bertz CT molecular complexity index is 664. The molecule has 0 fully saturated rings. The van der Waals surface area contributed by atoms with E-state index in [-0.39, 0.29) is 13.0 Å². The number of nitrogens with zero attached hydrogens (tertiary/aromatic N) is 1. The van der Waals surface area contributed by atoms with E-state index in [4.69, 9.17) is 0 Å². The molecule has 0 bridgehead atoms. The molecule has 0 aliphatic rings. The maximum atomic E-state index is 13.2. The lowest BCUT2D eigenvalue weighted by Crippen LogP contribution is -2.57. The molecule has 5 nitrogen and oxygen atoms in total. The van der Waals surface area contributed by atoms with E-state index in [1.165, 1.54) is 0 Å². The van der Waals surface area contributed by atoms with Crippen molar-refractivity contribution in [2.24, 2.45) is 0 Å². The number of halogens is 14. The van der Waals surface area contributed by atoms with Gasteiger partial charge in [-0.1, -0.05) is 13.3 Å². The molecule has 0 aromatic carbocycles. The Labute approximate surface area is 187 Å². The third kappa shape index (κ3) is 7.45. The van der Waals surface area contributed by atoms with Gasteiger partial charge in [-0.3, -0.25) is 4.90 Å². The van der Waals surface area contributed by atoms with Crippen molar-refractivity contribution in [2.45, 2.75) is 55.8 Å². The fourth-order valence-corrected chi connectivity index (χ4v) is 2.05. The first-order valence-corrected chi connectivity index (χ1v) is 9.20. The summed E-state index contributed by atoms with van der Waals surface area (Å²) in [6.45, 7) is -2.57. The van der Waals surface area contributed by atoms with Gasteiger partial charge in [0.2, 0.25) is 0 Å². The Morgan fingerprint density at radius 2 is 0.914 bits per heavy atom. The molecule has 0 aromatic heterocycles. The molecule has 0 aliphatic carbocycles. The van der Waals surface area contributed by atoms with Crippen molar-refractivity contribution < 1.29 is 80.5 Å². The van der Waals surface area contributed by atoms with Crippen LogP contribution in [0.3, 0.4) is 0 Å². The molecule has 0 atom stereocenters. The van der Waals surface area contributed by atoms with Gasteiger partial charge in [0.25, 0.3) is 0 Å². The summed E-state index contributed by atoms with van der Waals surface area (Å²) in [6.07, 6.45) is -13.0. The second kappa shape index (κ2) is 11.3. The molecule has 208 valence electrons. The largest absolute Gasteiger partial charge is 0.460 e. The van der Waals surface area contributed by atoms with Gasteiger partial charge in [-0.15, -0.1) is 0 Å². The van der Waals surface area contributed by atoms with Gasteiger partial charge in [-0.05, 0) is 13.0 Å². The Morgan fingerprint density at radius 1 is 0.600 bits per heavy atom. The molecule has 0 N–H and O–H groups in total. The number of ether oxygens (including phenoxy) is 2. The Kier molecular flexibility index (Phi) is 10.6. The summed E-state index contributed by atoms with van der Waals surface area (Å²) in [5.74, 6) is -32.7. The van der Waals surface area contributed by atoms with E-state index in [0.29, 0.717) is 6.42 Å². The van der Waals surface area contributed by atoms with Crippen LogP contribution in [-0.4, -0.2) is 85.7 Å². The summed E-state index contributed by atoms with van der Waals surface area (Å²) in [6, 6.07) is 0. The molecule has 0 spiro atoms. The van der Waals surface area contributed by atoms with Crippen LogP contribution >= 0.6 is 0 Å². The van der Waals surface area contributed by atoms with E-state index in [9.17, 15) is 71.1 Å². The highest BCUT2D eigenvalue weighted by molar-refractivity contribution is 5.79. The highest BCUT2D eigenvalue weighted by Gasteiger charge is 2.78. The monoisotopic (exact) mass is 553 g/mol. The van der Waals surface area contributed by atoms with Crippen LogP contribution in [0.1, 0.15) is 19.8 Å². The third-order valence-electron chi connectivity index (χ3n) is 4.12. The standard InChI is InChI=1S/C16H17F14NO4/c1-2-3-4-31(5-7-34-9(32)11(17,18)13(21,22)15(25,26)27)6-8-35-10(33)12(19,20)14(23,24)16(28,29)30/h2-8H2,1H3. The number of rotatable bonds is 13. The predicted octanol–water partition coefficient (Wildman–Crippen LogP) is 4.84. The normalized spacial score (nSPS) is 14.3. The highest BCUT2D eigenvalue weighted by Crippen LogP contribution is 2.48. The van der Waals surface area contributed by atoms with E-state index >= 15 is 0 Å². The molecule has 0 heterocycles. The fourth-order valence-electron chi connectivity index (χ4n) is 2.05. The number of esters is 2. The van der Waals surface area contributed by atoms with Crippen LogP contribution in [0.4, 0.5) is 61.5 Å². The maximum Gasteiger partial charge on any atom is 0.460 e. The van der Waals surface area contributed by atoms with E-state index in [2.05, 4.69) is 9.47 Å². The number of hydrogen-bond acceptors (Lipinski definition) is 5. The second-order valence-electron chi connectivity index (χ2n) is 6.76. The predicted molar refractivity (Wildman–Crippen MR) is 85.2 cm³/mol. The number of alkyl halides is 14. The van der Waals surface area contributed by atoms with Crippen LogP contribution in [0.15, 0.2) is 0 Å². The quantitative estimate of drug-likeness (QED) is 0.242. The van der Waals surface area contributed by atoms with Crippen LogP contribution in [-0.2, 0) is 19.1 Å². The van der Waals surface area contributed by atoms with Gasteiger partial charge in [0.1, 0.15) is 13.2 Å². The van der Waals surface area contributed by atoms with Crippen molar-refractivity contribution in [3.8, 4) is 0 Å². The lowest BCUT2D eigenvalue weighted by molar-refractivity contribution is -0.348. The van der Waals surface area contributed by atoms with Crippen molar-refractivity contribution in [2.75, 3.05) is 32.8 Å². The van der Waals surface area contributed by atoms with Crippen molar-refractivity contribution in [1.82, 2.24) is 4.90 Å². The topological polar surface area (TPSA) is 55.8 Å². The molecule has 0 saturated carbocycles. The Morgan fingerprint density at radius 3 is 1.17 bits per heavy atom. The average Bonchev–Trinajstić information content (AvgIpc) is 2.69. The molecular weight excluding hydrogens is 536 g/mol. The molecule has 0 unspecified atom stereocenters. The summed E-state index contributed by atoms with van der Waals surface area (Å²) < 4.78 is 184. The molecule has 35 heavy (non-hydrogen) atoms. The van der Waals surface area contributed by atoms with Crippen LogP contribution in [0, 0.1) is 0 Å². The number of carbonyl (C=O) groups excluding carboxylic acids is 2. The number of unbranched alkanes of at least 4 members (excludes halogenated alkanes) is 1.